The highest BCUT2D eigenvalue weighted by molar-refractivity contribution is 7.80. The molecule has 0 aliphatic rings. The molecule has 94 valence electrons. The highest BCUT2D eigenvalue weighted by Gasteiger charge is 2.06. The van der Waals surface area contributed by atoms with Crippen molar-refractivity contribution in [3.05, 3.63) is 29.6 Å². The average molecular weight is 256 g/mol. The third kappa shape index (κ3) is 4.66. The van der Waals surface area contributed by atoms with E-state index in [9.17, 15) is 4.39 Å². The van der Waals surface area contributed by atoms with Gasteiger partial charge in [-0.25, -0.2) is 4.39 Å². The summed E-state index contributed by atoms with van der Waals surface area (Å²) in [7, 11) is 1.63. The maximum Gasteiger partial charge on any atom is 0.171 e. The molecule has 1 atom stereocenters. The quantitative estimate of drug-likeness (QED) is 0.811. The number of hydrogen-bond donors (Lipinski definition) is 2. The van der Waals surface area contributed by atoms with E-state index in [0.29, 0.717) is 17.4 Å². The Kier molecular flexibility index (Phi) is 5.31. The molecule has 0 saturated heterocycles. The van der Waals surface area contributed by atoms with Crippen molar-refractivity contribution in [2.45, 2.75) is 19.9 Å². The van der Waals surface area contributed by atoms with Crippen molar-refractivity contribution in [3.63, 3.8) is 0 Å². The summed E-state index contributed by atoms with van der Waals surface area (Å²) in [6, 6.07) is 4.65. The lowest BCUT2D eigenvalue weighted by Gasteiger charge is -2.17. The van der Waals surface area contributed by atoms with Gasteiger partial charge < -0.3 is 15.4 Å². The highest BCUT2D eigenvalue weighted by Crippen LogP contribution is 2.15. The smallest absolute Gasteiger partial charge is 0.171 e. The minimum Gasteiger partial charge on any atom is -0.383 e. The van der Waals surface area contributed by atoms with Crippen molar-refractivity contribution in [2.75, 3.05) is 19.0 Å². The molecule has 1 aromatic rings. The summed E-state index contributed by atoms with van der Waals surface area (Å²) in [6.07, 6.45) is 0. The second-order valence-corrected chi connectivity index (χ2v) is 4.32. The molecule has 2 N–H and O–H groups in total. The van der Waals surface area contributed by atoms with Gasteiger partial charge in [0, 0.05) is 18.8 Å². The fraction of sp³-hybridized carbons (Fsp3) is 0.417. The fourth-order valence-corrected chi connectivity index (χ4v) is 1.71. The molecule has 0 saturated carbocycles. The van der Waals surface area contributed by atoms with E-state index in [1.165, 1.54) is 12.1 Å². The van der Waals surface area contributed by atoms with Crippen LogP contribution >= 0.6 is 12.2 Å². The fourth-order valence-electron chi connectivity index (χ4n) is 1.40. The summed E-state index contributed by atoms with van der Waals surface area (Å²) >= 11 is 5.13. The second-order valence-electron chi connectivity index (χ2n) is 3.91. The van der Waals surface area contributed by atoms with Crippen LogP contribution in [-0.2, 0) is 4.74 Å². The third-order valence-corrected chi connectivity index (χ3v) is 2.46. The Labute approximate surface area is 106 Å². The number of thiocarbonyl (C=S) groups is 1. The second kappa shape index (κ2) is 6.51. The normalized spacial score (nSPS) is 12.0. The average Bonchev–Trinajstić information content (AvgIpc) is 2.23. The van der Waals surface area contributed by atoms with E-state index in [1.54, 1.807) is 13.2 Å². The zero-order valence-corrected chi connectivity index (χ0v) is 11.0. The van der Waals surface area contributed by atoms with Crippen molar-refractivity contribution < 1.29 is 9.13 Å². The number of rotatable bonds is 4. The minimum atomic E-state index is -0.286. The van der Waals surface area contributed by atoms with Gasteiger partial charge in [-0.2, -0.15) is 0 Å². The Morgan fingerprint density at radius 1 is 1.53 bits per heavy atom. The van der Waals surface area contributed by atoms with Crippen LogP contribution in [0, 0.1) is 12.7 Å². The first kappa shape index (κ1) is 13.9. The van der Waals surface area contributed by atoms with E-state index in [1.807, 2.05) is 13.8 Å². The molecular weight excluding hydrogens is 239 g/mol. The van der Waals surface area contributed by atoms with Gasteiger partial charge in [0.25, 0.3) is 0 Å². The van der Waals surface area contributed by atoms with Gasteiger partial charge in [0.2, 0.25) is 0 Å². The Bertz CT molecular complexity index is 398. The Hall–Kier alpha value is -1.20. The molecule has 3 nitrogen and oxygen atoms in total. The van der Waals surface area contributed by atoms with E-state index in [-0.39, 0.29) is 11.9 Å². The van der Waals surface area contributed by atoms with Crippen LogP contribution in [0.4, 0.5) is 10.1 Å². The number of halogens is 1. The zero-order valence-electron chi connectivity index (χ0n) is 10.2. The van der Waals surface area contributed by atoms with Crippen LogP contribution in [0.25, 0.3) is 0 Å². The number of hydrogen-bond acceptors (Lipinski definition) is 2. The number of nitrogens with one attached hydrogen (secondary N) is 2. The monoisotopic (exact) mass is 256 g/mol. The van der Waals surface area contributed by atoms with Gasteiger partial charge in [0.05, 0.1) is 6.61 Å². The predicted molar refractivity (Wildman–Crippen MR) is 71.8 cm³/mol. The molecule has 1 rings (SSSR count). The van der Waals surface area contributed by atoms with Crippen molar-refractivity contribution in [3.8, 4) is 0 Å². The third-order valence-electron chi connectivity index (χ3n) is 2.24. The standard InChI is InChI=1S/C12H17FN2OS/c1-8-4-5-10(13)6-11(8)15-12(17)14-9(2)7-16-3/h4-6,9H,7H2,1-3H3,(H2,14,15,17). The molecule has 0 spiro atoms. The number of methoxy groups -OCH3 is 1. The van der Waals surface area contributed by atoms with Gasteiger partial charge in [0.15, 0.2) is 5.11 Å². The molecule has 0 aliphatic heterocycles. The first-order valence-corrected chi connectivity index (χ1v) is 5.76. The molecule has 1 aromatic carbocycles. The van der Waals surface area contributed by atoms with Crippen LogP contribution in [0.1, 0.15) is 12.5 Å². The maximum atomic E-state index is 13.1. The Balaban J connectivity index is 2.58. The van der Waals surface area contributed by atoms with E-state index in [2.05, 4.69) is 10.6 Å². The number of aryl methyl sites for hydroxylation is 1. The van der Waals surface area contributed by atoms with E-state index < -0.39 is 0 Å². The van der Waals surface area contributed by atoms with Crippen LogP contribution in [0.5, 0.6) is 0 Å². The van der Waals surface area contributed by atoms with Crippen molar-refractivity contribution in [2.24, 2.45) is 0 Å². The summed E-state index contributed by atoms with van der Waals surface area (Å²) in [4.78, 5) is 0. The van der Waals surface area contributed by atoms with E-state index in [0.717, 1.165) is 5.56 Å². The van der Waals surface area contributed by atoms with Gasteiger partial charge in [-0.15, -0.1) is 0 Å². The number of anilines is 1. The summed E-state index contributed by atoms with van der Waals surface area (Å²) in [5.41, 5.74) is 1.61. The first-order valence-electron chi connectivity index (χ1n) is 5.35. The summed E-state index contributed by atoms with van der Waals surface area (Å²) in [5, 5.41) is 6.48. The SMILES string of the molecule is COCC(C)NC(=S)Nc1cc(F)ccc1C. The molecule has 0 fully saturated rings. The summed E-state index contributed by atoms with van der Waals surface area (Å²) in [6.45, 7) is 4.41. The zero-order chi connectivity index (χ0) is 12.8. The van der Waals surface area contributed by atoms with Crippen molar-refractivity contribution >= 4 is 23.0 Å². The molecular formula is C12H17FN2OS. The van der Waals surface area contributed by atoms with Crippen LogP contribution in [-0.4, -0.2) is 24.9 Å². The minimum absolute atomic E-state index is 0.105. The molecule has 0 aliphatic carbocycles. The molecule has 0 bridgehead atoms. The lowest BCUT2D eigenvalue weighted by molar-refractivity contribution is 0.179. The topological polar surface area (TPSA) is 33.3 Å². The Morgan fingerprint density at radius 2 is 2.24 bits per heavy atom. The highest BCUT2D eigenvalue weighted by atomic mass is 32.1. The largest absolute Gasteiger partial charge is 0.383 e. The summed E-state index contributed by atoms with van der Waals surface area (Å²) < 4.78 is 18.0. The summed E-state index contributed by atoms with van der Waals surface area (Å²) in [5.74, 6) is -0.286. The number of benzene rings is 1. The van der Waals surface area contributed by atoms with Crippen molar-refractivity contribution in [1.82, 2.24) is 5.32 Å². The van der Waals surface area contributed by atoms with Crippen LogP contribution in [0.2, 0.25) is 0 Å². The molecule has 1 unspecified atom stereocenters. The van der Waals surface area contributed by atoms with Gasteiger partial charge >= 0.3 is 0 Å². The van der Waals surface area contributed by atoms with Gasteiger partial charge in [-0.05, 0) is 43.8 Å². The molecule has 0 amide bonds. The van der Waals surface area contributed by atoms with E-state index in [4.69, 9.17) is 17.0 Å². The maximum absolute atomic E-state index is 13.1. The van der Waals surface area contributed by atoms with Gasteiger partial charge in [-0.1, -0.05) is 6.07 Å². The molecule has 5 heteroatoms. The number of ether oxygens (including phenoxy) is 1. The lowest BCUT2D eigenvalue weighted by atomic mass is 10.2. The van der Waals surface area contributed by atoms with E-state index >= 15 is 0 Å². The lowest BCUT2D eigenvalue weighted by Crippen LogP contribution is -2.38. The Morgan fingerprint density at radius 3 is 2.88 bits per heavy atom. The molecule has 0 aromatic heterocycles. The molecule has 0 heterocycles. The van der Waals surface area contributed by atoms with Crippen LogP contribution in [0.3, 0.4) is 0 Å². The van der Waals surface area contributed by atoms with Crippen LogP contribution in [0.15, 0.2) is 18.2 Å². The predicted octanol–water partition coefficient (Wildman–Crippen LogP) is 2.46. The van der Waals surface area contributed by atoms with Gasteiger partial charge in [-0.3, -0.25) is 0 Å². The van der Waals surface area contributed by atoms with Crippen molar-refractivity contribution in [1.29, 1.82) is 0 Å². The molecule has 17 heavy (non-hydrogen) atoms. The first-order chi connectivity index (χ1) is 8.02. The molecule has 0 radical (unpaired) electrons. The van der Waals surface area contributed by atoms with Gasteiger partial charge in [0.1, 0.15) is 5.82 Å². The van der Waals surface area contributed by atoms with Crippen LogP contribution < -0.4 is 10.6 Å².